The van der Waals surface area contributed by atoms with Crippen molar-refractivity contribution in [3.05, 3.63) is 0 Å². The van der Waals surface area contributed by atoms with Crippen molar-refractivity contribution in [2.24, 2.45) is 0 Å². The molecule has 0 nitrogen and oxygen atoms in total. The van der Waals surface area contributed by atoms with Crippen LogP contribution in [-0.2, 0) is 11.8 Å². The molecule has 5 heavy (non-hydrogen) atoms. The van der Waals surface area contributed by atoms with Crippen LogP contribution in [0.2, 0.25) is 0 Å². The molecule has 0 heterocycles. The first-order valence-corrected chi connectivity index (χ1v) is 1.84. The highest BCUT2D eigenvalue weighted by atomic mass is 79.9. The summed E-state index contributed by atoms with van der Waals surface area (Å²) in [5.74, 6) is 0. The Bertz CT molecular complexity index is 9.61. The average molecular weight is 243 g/mol. The van der Waals surface area contributed by atoms with Crippen molar-refractivity contribution in [3.8, 4) is 0 Å². The van der Waals surface area contributed by atoms with Crippen molar-refractivity contribution in [2.45, 2.75) is 0 Å². The Morgan fingerprint density at radius 3 is 1.00 bits per heavy atom. The summed E-state index contributed by atoms with van der Waals surface area (Å²) in [7, 11) is 2.56. The van der Waals surface area contributed by atoms with Crippen LogP contribution >= 0.6 is 8.02 Å². The molecule has 36 valence electrons. The lowest BCUT2D eigenvalue weighted by molar-refractivity contribution is -0.00100. The molecule has 0 N–H and O–H groups in total. The van der Waals surface area contributed by atoms with Gasteiger partial charge in [-0.25, -0.2) is 0 Å². The normalized spacial score (nSPS) is 0.800. The zero-order valence-corrected chi connectivity index (χ0v) is 7.03. The van der Waals surface area contributed by atoms with Crippen LogP contribution in [0.15, 0.2) is 0 Å². The second-order valence-corrected chi connectivity index (χ2v) is 0. The van der Waals surface area contributed by atoms with Crippen LogP contribution in [0.1, 0.15) is 0 Å². The van der Waals surface area contributed by atoms with Gasteiger partial charge in [-0.2, -0.15) is 0 Å². The molecule has 0 atom stereocenters. The van der Waals surface area contributed by atoms with E-state index in [1.165, 1.54) is 0 Å². The Labute approximate surface area is 58.5 Å². The monoisotopic (exact) mass is 241 g/mol. The minimum Gasteiger partial charge on any atom is -1.00 e. The van der Waals surface area contributed by atoms with Crippen LogP contribution in [0.3, 0.4) is 0 Å². The first-order chi connectivity index (χ1) is 1.00. The van der Waals surface area contributed by atoms with Crippen molar-refractivity contribution < 1.29 is 38.7 Å². The van der Waals surface area contributed by atoms with E-state index in [1.54, 1.807) is 0 Å². The van der Waals surface area contributed by atoms with Gasteiger partial charge in [-0.3, -0.25) is 0 Å². The smallest absolute Gasteiger partial charge is 0.0437 e. The fourth-order valence-corrected chi connectivity index (χ4v) is 0. The molecule has 0 rings (SSSR count). The maximum absolute atomic E-state index is 3.89. The zero-order chi connectivity index (χ0) is 2.00. The van der Waals surface area contributed by atoms with E-state index in [2.05, 4.69) is 19.8 Å². The van der Waals surface area contributed by atoms with Gasteiger partial charge in [0.05, 0.1) is 0 Å². The van der Waals surface area contributed by atoms with Crippen molar-refractivity contribution in [2.75, 3.05) is 0 Å². The molecule has 0 saturated heterocycles. The largest absolute Gasteiger partial charge is 1.00 e. The lowest BCUT2D eigenvalue weighted by atomic mass is 19.0. The van der Waals surface area contributed by atoms with Crippen LogP contribution in [0, 0.1) is 0 Å². The Hall–Kier alpha value is 1.41. The average Bonchev–Trinajstić information content (AvgIpc) is 1.00. The molecule has 0 aromatic heterocycles. The molecule has 0 unspecified atom stereocenters. The summed E-state index contributed by atoms with van der Waals surface area (Å²) >= 11 is 3.89. The van der Waals surface area contributed by atoms with Gasteiger partial charge >= 0.3 is 0 Å². The van der Waals surface area contributed by atoms with Gasteiger partial charge in [0.1, 0.15) is 0 Å². The van der Waals surface area contributed by atoms with Crippen LogP contribution in [0.5, 0.6) is 0 Å². The third kappa shape index (κ3) is 31.6. The fraction of sp³-hybridized carbons (Fsp3) is 0. The Morgan fingerprint density at radius 1 is 1.00 bits per heavy atom. The molecule has 0 aromatic rings. The van der Waals surface area contributed by atoms with Crippen LogP contribution < -0.4 is 38.7 Å². The van der Waals surface area contributed by atoms with Gasteiger partial charge in [0.25, 0.3) is 0 Å². The van der Waals surface area contributed by atoms with E-state index in [1.807, 2.05) is 0 Å². The van der Waals surface area contributed by atoms with Crippen LogP contribution in [-0.4, -0.2) is 0 Å². The van der Waals surface area contributed by atoms with E-state index in [0.717, 1.165) is 0 Å². The zero-order valence-electron chi connectivity index (χ0n) is 2.04. The van der Waals surface area contributed by atoms with Gasteiger partial charge < -0.3 is 38.7 Å². The van der Waals surface area contributed by atoms with E-state index in [-0.39, 0.29) is 38.7 Å². The van der Waals surface area contributed by atoms with Gasteiger partial charge in [-0.1, -0.05) is 11.8 Å². The summed E-state index contributed by atoms with van der Waals surface area (Å²) in [4.78, 5) is 0. The summed E-state index contributed by atoms with van der Waals surface area (Å²) in [5.41, 5.74) is 0. The topological polar surface area (TPSA) is 0 Å². The molecule has 0 aromatic carbocycles. The van der Waals surface area contributed by atoms with Gasteiger partial charge in [0, 0.05) is 0 Å². The van der Waals surface area contributed by atoms with E-state index in [4.69, 9.17) is 0 Å². The summed E-state index contributed by atoms with van der Waals surface area (Å²) in [5, 5.41) is 0. The molecular formula is HBr2FPS-3. The van der Waals surface area contributed by atoms with E-state index < -0.39 is 0 Å². The summed E-state index contributed by atoms with van der Waals surface area (Å²) in [6, 6.07) is 0. The van der Waals surface area contributed by atoms with Crippen molar-refractivity contribution in [1.29, 1.82) is 0 Å². The molecule has 0 aliphatic rings. The van der Waals surface area contributed by atoms with E-state index in [9.17, 15) is 0 Å². The van der Waals surface area contributed by atoms with E-state index in [0.29, 0.717) is 0 Å². The molecule has 0 saturated carbocycles. The van der Waals surface area contributed by atoms with Gasteiger partial charge in [-0.15, -0.1) is 0 Å². The lowest BCUT2D eigenvalue weighted by Crippen LogP contribution is -3.00. The van der Waals surface area contributed by atoms with Gasteiger partial charge in [-0.05, 0) is 8.02 Å². The Kier molecular flexibility index (Phi) is 342. The molecule has 0 amide bonds. The standard InChI is InChI=1S/2BrH.FH.HPS/c;;;1-2/h3*1H;1H/p-3. The Balaban J connectivity index is -0.00000000167. The third-order valence-corrected chi connectivity index (χ3v) is 0. The molecule has 0 fully saturated rings. The van der Waals surface area contributed by atoms with E-state index >= 15 is 0 Å². The second kappa shape index (κ2) is 52.9. The molecule has 0 spiro atoms. The number of hydrogen-bond acceptors (Lipinski definition) is 1. The Morgan fingerprint density at radius 2 is 1.00 bits per heavy atom. The minimum atomic E-state index is 0. The van der Waals surface area contributed by atoms with Gasteiger partial charge in [0.2, 0.25) is 0 Å². The molecule has 5 heteroatoms. The maximum atomic E-state index is 3.89. The maximum Gasteiger partial charge on any atom is -0.0437 e. The highest BCUT2D eigenvalue weighted by Gasteiger charge is 0.655. The highest BCUT2D eigenvalue weighted by molar-refractivity contribution is 7.88. The molecule has 0 radical (unpaired) electrons. The summed E-state index contributed by atoms with van der Waals surface area (Å²) < 4.78 is 0. The van der Waals surface area contributed by atoms with Crippen LogP contribution in [0.25, 0.3) is 0 Å². The molecule has 0 aliphatic carbocycles. The predicted molar refractivity (Wildman–Crippen MR) is 15.7 cm³/mol. The SMILES string of the molecule is P=S.[Br-].[Br-].[F-]. The summed E-state index contributed by atoms with van der Waals surface area (Å²) in [6.45, 7) is 0. The predicted octanol–water partition coefficient (Wildman–Crippen LogP) is -8.40. The number of hydrogen-bond donors (Lipinski definition) is 0. The second-order valence-electron chi connectivity index (χ2n) is 0. The number of rotatable bonds is 0. The molecular weight excluding hydrogens is 242 g/mol. The van der Waals surface area contributed by atoms with Crippen molar-refractivity contribution in [3.63, 3.8) is 0 Å². The fourth-order valence-electron chi connectivity index (χ4n) is 0. The highest BCUT2D eigenvalue weighted by Crippen LogP contribution is 1.26. The summed E-state index contributed by atoms with van der Waals surface area (Å²) in [6.07, 6.45) is 0. The molecule has 0 aliphatic heterocycles. The quantitative estimate of drug-likeness (QED) is 0.381. The third-order valence-electron chi connectivity index (χ3n) is 0. The van der Waals surface area contributed by atoms with Crippen molar-refractivity contribution >= 4 is 19.8 Å². The molecule has 0 bridgehead atoms. The first-order valence-electron chi connectivity index (χ1n) is 0.204. The minimum absolute atomic E-state index is 0. The van der Waals surface area contributed by atoms with Crippen molar-refractivity contribution in [1.82, 2.24) is 0 Å². The van der Waals surface area contributed by atoms with Gasteiger partial charge in [0.15, 0.2) is 0 Å². The number of halogens is 3. The lowest BCUT2D eigenvalue weighted by Gasteiger charge is -1.00. The first kappa shape index (κ1) is 32.3. The van der Waals surface area contributed by atoms with Crippen LogP contribution in [0.4, 0.5) is 0 Å².